The number of nitrogens with zero attached hydrogens (tertiary/aromatic N) is 2. The average Bonchev–Trinajstić information content (AvgIpc) is 2.91. The largest absolute Gasteiger partial charge is 0.292 e. The Morgan fingerprint density at radius 2 is 1.78 bits per heavy atom. The fourth-order valence-corrected chi connectivity index (χ4v) is 3.04. The fourth-order valence-electron chi connectivity index (χ4n) is 3.04. The highest BCUT2D eigenvalue weighted by Gasteiger charge is 2.13. The van der Waals surface area contributed by atoms with Crippen molar-refractivity contribution in [2.45, 2.75) is 20.3 Å². The molecule has 114 valence electrons. The van der Waals surface area contributed by atoms with E-state index in [1.54, 1.807) is 0 Å². The lowest BCUT2D eigenvalue weighted by Gasteiger charge is -2.08. The SMILES string of the molecule is Cc1ccc(Cc2c(C)n3c(nc4ccccc43)[nH]c2=O)cc1. The number of nitrogens with one attached hydrogen (secondary N) is 1. The van der Waals surface area contributed by atoms with Crippen molar-refractivity contribution < 1.29 is 0 Å². The molecule has 0 atom stereocenters. The van der Waals surface area contributed by atoms with Gasteiger partial charge in [-0.25, -0.2) is 4.98 Å². The van der Waals surface area contributed by atoms with E-state index in [1.165, 1.54) is 5.56 Å². The zero-order valence-electron chi connectivity index (χ0n) is 13.1. The van der Waals surface area contributed by atoms with Gasteiger partial charge >= 0.3 is 0 Å². The molecule has 2 aromatic heterocycles. The van der Waals surface area contributed by atoms with E-state index < -0.39 is 0 Å². The average molecular weight is 303 g/mol. The number of para-hydroxylation sites is 2. The molecule has 1 N–H and O–H groups in total. The molecular formula is C19H17N3O. The second-order valence-electron chi connectivity index (χ2n) is 5.94. The Morgan fingerprint density at radius 3 is 2.57 bits per heavy atom. The molecule has 0 saturated heterocycles. The monoisotopic (exact) mass is 303 g/mol. The van der Waals surface area contributed by atoms with Crippen LogP contribution in [-0.4, -0.2) is 14.4 Å². The molecule has 0 bridgehead atoms. The molecule has 0 radical (unpaired) electrons. The summed E-state index contributed by atoms with van der Waals surface area (Å²) in [4.78, 5) is 19.9. The quantitative estimate of drug-likeness (QED) is 0.617. The first-order valence-electron chi connectivity index (χ1n) is 7.68. The Bertz CT molecular complexity index is 1070. The molecule has 0 unspecified atom stereocenters. The van der Waals surface area contributed by atoms with Gasteiger partial charge in [0.05, 0.1) is 11.0 Å². The number of fused-ring (bicyclic) bond motifs is 3. The normalized spacial score (nSPS) is 11.4. The summed E-state index contributed by atoms with van der Waals surface area (Å²) in [5.74, 6) is 0.598. The molecule has 4 heteroatoms. The molecule has 2 heterocycles. The molecule has 2 aromatic carbocycles. The third-order valence-electron chi connectivity index (χ3n) is 4.33. The van der Waals surface area contributed by atoms with Gasteiger partial charge in [-0.15, -0.1) is 0 Å². The van der Waals surface area contributed by atoms with Crippen molar-refractivity contribution in [1.82, 2.24) is 14.4 Å². The van der Waals surface area contributed by atoms with Crippen molar-refractivity contribution in [3.63, 3.8) is 0 Å². The first-order valence-corrected chi connectivity index (χ1v) is 7.68. The summed E-state index contributed by atoms with van der Waals surface area (Å²) in [5.41, 5.74) is 5.91. The number of hydrogen-bond acceptors (Lipinski definition) is 2. The first-order chi connectivity index (χ1) is 11.1. The van der Waals surface area contributed by atoms with Crippen LogP contribution in [0.3, 0.4) is 0 Å². The maximum absolute atomic E-state index is 12.5. The van der Waals surface area contributed by atoms with Crippen molar-refractivity contribution in [3.05, 3.63) is 81.3 Å². The minimum absolute atomic E-state index is 0.0640. The van der Waals surface area contributed by atoms with Crippen LogP contribution in [0.1, 0.15) is 22.4 Å². The van der Waals surface area contributed by atoms with E-state index in [4.69, 9.17) is 0 Å². The van der Waals surface area contributed by atoms with E-state index in [9.17, 15) is 4.79 Å². The van der Waals surface area contributed by atoms with E-state index in [2.05, 4.69) is 41.2 Å². The van der Waals surface area contributed by atoms with Gasteiger partial charge in [-0.05, 0) is 31.5 Å². The molecule has 0 amide bonds. The molecule has 23 heavy (non-hydrogen) atoms. The van der Waals surface area contributed by atoms with Gasteiger partial charge in [0.15, 0.2) is 0 Å². The lowest BCUT2D eigenvalue weighted by atomic mass is 10.0. The van der Waals surface area contributed by atoms with Gasteiger partial charge in [-0.3, -0.25) is 14.2 Å². The molecule has 0 spiro atoms. The molecule has 4 nitrogen and oxygen atoms in total. The second-order valence-corrected chi connectivity index (χ2v) is 5.94. The smallest absolute Gasteiger partial charge is 0.256 e. The zero-order valence-corrected chi connectivity index (χ0v) is 13.1. The summed E-state index contributed by atoms with van der Waals surface area (Å²) in [6.45, 7) is 4.05. The predicted molar refractivity (Wildman–Crippen MR) is 92.0 cm³/mol. The standard InChI is InChI=1S/C19H17N3O/c1-12-7-9-14(10-8-12)11-15-13(2)22-17-6-4-3-5-16(17)20-19(22)21-18(15)23/h3-10H,11H2,1-2H3,(H,20,21,23). The van der Waals surface area contributed by atoms with Crippen LogP contribution in [0.2, 0.25) is 0 Å². The van der Waals surface area contributed by atoms with Crippen LogP contribution < -0.4 is 5.56 Å². The molecule has 0 aliphatic rings. The van der Waals surface area contributed by atoms with Crippen molar-refractivity contribution in [1.29, 1.82) is 0 Å². The second kappa shape index (κ2) is 5.09. The van der Waals surface area contributed by atoms with Crippen molar-refractivity contribution in [2.24, 2.45) is 0 Å². The van der Waals surface area contributed by atoms with Crippen LogP contribution in [0.15, 0.2) is 53.3 Å². The summed E-state index contributed by atoms with van der Waals surface area (Å²) >= 11 is 0. The molecule has 0 aliphatic carbocycles. The highest BCUT2D eigenvalue weighted by Crippen LogP contribution is 2.19. The van der Waals surface area contributed by atoms with Crippen LogP contribution in [-0.2, 0) is 6.42 Å². The van der Waals surface area contributed by atoms with E-state index in [1.807, 2.05) is 35.6 Å². The minimum atomic E-state index is -0.0640. The summed E-state index contributed by atoms with van der Waals surface area (Å²) in [6, 6.07) is 16.2. The lowest BCUT2D eigenvalue weighted by molar-refractivity contribution is 0.966. The number of imidazole rings is 1. The maximum atomic E-state index is 12.5. The van der Waals surface area contributed by atoms with Crippen LogP contribution in [0.5, 0.6) is 0 Å². The highest BCUT2D eigenvalue weighted by atomic mass is 16.1. The number of H-pyrrole nitrogens is 1. The van der Waals surface area contributed by atoms with E-state index in [-0.39, 0.29) is 5.56 Å². The Balaban J connectivity index is 1.94. The minimum Gasteiger partial charge on any atom is -0.292 e. The Hall–Kier alpha value is -2.88. The van der Waals surface area contributed by atoms with E-state index in [0.717, 1.165) is 27.9 Å². The van der Waals surface area contributed by atoms with Gasteiger partial charge in [0.1, 0.15) is 0 Å². The van der Waals surface area contributed by atoms with Crippen LogP contribution >= 0.6 is 0 Å². The topological polar surface area (TPSA) is 50.2 Å². The number of aryl methyl sites for hydroxylation is 2. The number of benzene rings is 2. The Morgan fingerprint density at radius 1 is 1.04 bits per heavy atom. The van der Waals surface area contributed by atoms with Crippen molar-refractivity contribution in [3.8, 4) is 0 Å². The maximum Gasteiger partial charge on any atom is 0.256 e. The third kappa shape index (κ3) is 2.23. The lowest BCUT2D eigenvalue weighted by Crippen LogP contribution is -2.18. The number of aromatic nitrogens is 3. The Labute approximate surface area is 133 Å². The molecule has 0 aliphatic heterocycles. The molecule has 0 saturated carbocycles. The summed E-state index contributed by atoms with van der Waals surface area (Å²) in [7, 11) is 0. The van der Waals surface area contributed by atoms with Gasteiger partial charge in [0, 0.05) is 17.7 Å². The number of rotatable bonds is 2. The summed E-state index contributed by atoms with van der Waals surface area (Å²) in [5, 5.41) is 0. The van der Waals surface area contributed by atoms with Crippen LogP contribution in [0, 0.1) is 13.8 Å². The van der Waals surface area contributed by atoms with Gasteiger partial charge < -0.3 is 0 Å². The summed E-state index contributed by atoms with van der Waals surface area (Å²) < 4.78 is 2.03. The number of hydrogen-bond donors (Lipinski definition) is 1. The highest BCUT2D eigenvalue weighted by molar-refractivity contribution is 5.79. The molecule has 4 aromatic rings. The van der Waals surface area contributed by atoms with Gasteiger partial charge in [-0.1, -0.05) is 42.0 Å². The molecular weight excluding hydrogens is 286 g/mol. The van der Waals surface area contributed by atoms with Crippen LogP contribution in [0.4, 0.5) is 0 Å². The number of aromatic amines is 1. The predicted octanol–water partition coefficient (Wildman–Crippen LogP) is 3.38. The fraction of sp³-hybridized carbons (Fsp3) is 0.158. The van der Waals surface area contributed by atoms with Gasteiger partial charge in [0.25, 0.3) is 5.56 Å². The summed E-state index contributed by atoms with van der Waals surface area (Å²) in [6.07, 6.45) is 0.615. The first kappa shape index (κ1) is 13.8. The zero-order chi connectivity index (χ0) is 16.0. The van der Waals surface area contributed by atoms with E-state index in [0.29, 0.717) is 12.2 Å². The Kier molecular flexibility index (Phi) is 3.05. The molecule has 4 rings (SSSR count). The van der Waals surface area contributed by atoms with Crippen molar-refractivity contribution in [2.75, 3.05) is 0 Å². The van der Waals surface area contributed by atoms with Gasteiger partial charge in [-0.2, -0.15) is 0 Å². The van der Waals surface area contributed by atoms with Gasteiger partial charge in [0.2, 0.25) is 5.78 Å². The molecule has 0 fully saturated rings. The third-order valence-corrected chi connectivity index (χ3v) is 4.33. The van der Waals surface area contributed by atoms with Crippen LogP contribution in [0.25, 0.3) is 16.8 Å². The van der Waals surface area contributed by atoms with Crippen molar-refractivity contribution >= 4 is 16.8 Å². The van der Waals surface area contributed by atoms with E-state index >= 15 is 0 Å².